The molecule has 0 radical (unpaired) electrons. The maximum atomic E-state index is 14.9. The molecule has 11 nitrogen and oxygen atoms in total. The number of aliphatic hydroxyl groups excluding tert-OH is 1. The number of hydrogen-bond acceptors (Lipinski definition) is 8. The van der Waals surface area contributed by atoms with E-state index in [9.17, 15) is 19.5 Å². The Morgan fingerprint density at radius 1 is 1.16 bits per heavy atom. The first kappa shape index (κ1) is 30.7. The molecule has 3 saturated heterocycles. The number of esters is 1. The number of likely N-dealkylation sites (tertiary alicyclic amines) is 1. The topological polar surface area (TPSA) is 127 Å². The smallest absolute Gasteiger partial charge is 0.312 e. The Labute approximate surface area is 262 Å². The molecule has 6 rings (SSSR count). The number of carbonyl (C=O) groups excluding carboxylic acids is 3. The number of aliphatic hydroxyl groups is 1. The van der Waals surface area contributed by atoms with Crippen LogP contribution in [0.15, 0.2) is 79.9 Å². The average Bonchev–Trinajstić information content (AvgIpc) is 3.79. The normalized spacial score (nSPS) is 27.4. The highest BCUT2D eigenvalue weighted by Gasteiger charge is 2.79. The van der Waals surface area contributed by atoms with Crippen molar-refractivity contribution in [2.24, 2.45) is 11.8 Å². The molecule has 4 heterocycles. The van der Waals surface area contributed by atoms with Gasteiger partial charge in [0.2, 0.25) is 11.8 Å². The quantitative estimate of drug-likeness (QED) is 0.177. The summed E-state index contributed by atoms with van der Waals surface area (Å²) >= 11 is 0. The highest BCUT2D eigenvalue weighted by molar-refractivity contribution is 5.99. The minimum Gasteiger partial charge on any atom is -0.465 e. The Morgan fingerprint density at radius 2 is 1.91 bits per heavy atom. The van der Waals surface area contributed by atoms with E-state index in [1.807, 2.05) is 61.5 Å². The van der Waals surface area contributed by atoms with Crippen molar-refractivity contribution in [2.45, 2.75) is 62.6 Å². The zero-order valence-corrected chi connectivity index (χ0v) is 25.5. The van der Waals surface area contributed by atoms with Gasteiger partial charge >= 0.3 is 5.97 Å². The lowest BCUT2D eigenvalue weighted by molar-refractivity contribution is -0.164. The number of aromatic nitrogens is 3. The summed E-state index contributed by atoms with van der Waals surface area (Å²) in [6.45, 7) is 9.44. The van der Waals surface area contributed by atoms with E-state index in [1.54, 1.807) is 21.7 Å². The summed E-state index contributed by atoms with van der Waals surface area (Å²) in [7, 11) is 0. The first-order chi connectivity index (χ1) is 21.9. The van der Waals surface area contributed by atoms with Crippen molar-refractivity contribution in [3.8, 4) is 0 Å². The van der Waals surface area contributed by atoms with E-state index in [2.05, 4.69) is 23.5 Å². The molecule has 45 heavy (non-hydrogen) atoms. The molecule has 236 valence electrons. The van der Waals surface area contributed by atoms with Crippen molar-refractivity contribution >= 4 is 28.8 Å². The Hall–Kier alpha value is -4.35. The summed E-state index contributed by atoms with van der Waals surface area (Å²) in [5.41, 5.74) is -0.131. The SMILES string of the molecule is C=CCCOC(=O)[C@@H]1[C@H]2C(=O)N([C@H](CO)c3ccccc3)C(C(=O)N(CC=C)Cn3nnc4ccccc43)C23CC[C@@]1(CC)O3. The number of ether oxygens (including phenoxy) is 2. The predicted molar refractivity (Wildman–Crippen MR) is 165 cm³/mol. The van der Waals surface area contributed by atoms with Gasteiger partial charge in [0.15, 0.2) is 0 Å². The average molecular weight is 614 g/mol. The summed E-state index contributed by atoms with van der Waals surface area (Å²) in [5.74, 6) is -3.14. The number of amides is 2. The number of nitrogens with zero attached hydrogens (tertiary/aromatic N) is 5. The Balaban J connectivity index is 1.45. The molecule has 2 bridgehead atoms. The summed E-state index contributed by atoms with van der Waals surface area (Å²) in [6, 6.07) is 14.6. The largest absolute Gasteiger partial charge is 0.465 e. The standard InChI is InChI=1S/C34H39N5O6/c1-4-7-20-44-32(43)28-27-30(41)39(26(21-40)23-13-9-8-10-14-23)29(34(27)18-17-33(28,6-3)45-34)31(42)37(19-5-2)22-38-25-16-12-11-15-24(25)35-36-38/h4-5,8-16,26-29,40H,1-2,6-7,17-22H2,3H3/t26-,27+,28+,29?,33-,34?/m1/s1. The van der Waals surface area contributed by atoms with Crippen molar-refractivity contribution in [3.05, 3.63) is 85.5 Å². The van der Waals surface area contributed by atoms with Crippen LogP contribution >= 0.6 is 0 Å². The summed E-state index contributed by atoms with van der Waals surface area (Å²) < 4.78 is 14.2. The molecule has 2 unspecified atom stereocenters. The zero-order chi connectivity index (χ0) is 31.8. The number of benzene rings is 2. The molecule has 1 aromatic heterocycles. The van der Waals surface area contributed by atoms with E-state index < -0.39 is 53.6 Å². The molecule has 11 heteroatoms. The molecular weight excluding hydrogens is 574 g/mol. The van der Waals surface area contributed by atoms with E-state index in [1.165, 1.54) is 4.90 Å². The fourth-order valence-corrected chi connectivity index (χ4v) is 7.72. The fourth-order valence-electron chi connectivity index (χ4n) is 7.72. The van der Waals surface area contributed by atoms with E-state index in [0.29, 0.717) is 36.8 Å². The maximum absolute atomic E-state index is 14.9. The number of carbonyl (C=O) groups is 3. The lowest BCUT2D eigenvalue weighted by atomic mass is 9.65. The highest BCUT2D eigenvalue weighted by Crippen LogP contribution is 2.65. The van der Waals surface area contributed by atoms with Crippen LogP contribution in [0.25, 0.3) is 11.0 Å². The van der Waals surface area contributed by atoms with Crippen molar-refractivity contribution < 1.29 is 29.0 Å². The molecule has 1 N–H and O–H groups in total. The summed E-state index contributed by atoms with van der Waals surface area (Å²) in [5, 5.41) is 19.3. The van der Waals surface area contributed by atoms with Gasteiger partial charge in [-0.2, -0.15) is 0 Å². The molecular formula is C34H39N5O6. The van der Waals surface area contributed by atoms with Gasteiger partial charge in [0, 0.05) is 6.54 Å². The van der Waals surface area contributed by atoms with Gasteiger partial charge in [-0.05, 0) is 43.4 Å². The van der Waals surface area contributed by atoms with E-state index in [0.717, 1.165) is 5.52 Å². The molecule has 6 atom stereocenters. The summed E-state index contributed by atoms with van der Waals surface area (Å²) in [4.78, 5) is 46.4. The minimum atomic E-state index is -1.29. The van der Waals surface area contributed by atoms with Crippen molar-refractivity contribution in [1.29, 1.82) is 0 Å². The van der Waals surface area contributed by atoms with Gasteiger partial charge in [-0.1, -0.05) is 66.8 Å². The van der Waals surface area contributed by atoms with Crippen molar-refractivity contribution in [1.82, 2.24) is 24.8 Å². The number of rotatable bonds is 13. The Kier molecular flexibility index (Phi) is 8.32. The zero-order valence-electron chi connectivity index (χ0n) is 25.5. The summed E-state index contributed by atoms with van der Waals surface area (Å²) in [6.07, 6.45) is 5.14. The second-order valence-electron chi connectivity index (χ2n) is 12.0. The molecule has 2 aromatic carbocycles. The molecule has 3 aliphatic rings. The van der Waals surface area contributed by atoms with Crippen LogP contribution in [0.2, 0.25) is 0 Å². The van der Waals surface area contributed by atoms with Crippen LogP contribution < -0.4 is 0 Å². The third kappa shape index (κ3) is 4.85. The van der Waals surface area contributed by atoms with Crippen LogP contribution in [-0.4, -0.2) is 84.7 Å². The number of hydrogen-bond donors (Lipinski definition) is 1. The van der Waals surface area contributed by atoms with Gasteiger partial charge in [0.05, 0.1) is 36.3 Å². The molecule has 3 aromatic rings. The van der Waals surface area contributed by atoms with Crippen LogP contribution in [0.5, 0.6) is 0 Å². The lowest BCUT2D eigenvalue weighted by Gasteiger charge is -2.39. The minimum absolute atomic E-state index is 0.0473. The second kappa shape index (κ2) is 12.2. The molecule has 3 fully saturated rings. The van der Waals surface area contributed by atoms with E-state index >= 15 is 0 Å². The van der Waals surface area contributed by atoms with Crippen molar-refractivity contribution in [3.63, 3.8) is 0 Å². The predicted octanol–water partition coefficient (Wildman–Crippen LogP) is 3.41. The van der Waals surface area contributed by atoms with Gasteiger partial charge in [0.1, 0.15) is 29.7 Å². The highest BCUT2D eigenvalue weighted by atomic mass is 16.6. The van der Waals surface area contributed by atoms with Gasteiger partial charge in [-0.15, -0.1) is 18.3 Å². The molecule has 0 aliphatic carbocycles. The van der Waals surface area contributed by atoms with Crippen LogP contribution in [0.4, 0.5) is 0 Å². The second-order valence-corrected chi connectivity index (χ2v) is 12.0. The van der Waals surface area contributed by atoms with Gasteiger partial charge < -0.3 is 24.4 Å². The first-order valence-corrected chi connectivity index (χ1v) is 15.5. The monoisotopic (exact) mass is 613 g/mol. The van der Waals surface area contributed by atoms with Crippen LogP contribution in [0.3, 0.4) is 0 Å². The third-order valence-electron chi connectivity index (χ3n) is 9.75. The number of para-hydroxylation sites is 1. The van der Waals surface area contributed by atoms with Gasteiger partial charge in [-0.25, -0.2) is 4.68 Å². The Morgan fingerprint density at radius 3 is 2.62 bits per heavy atom. The van der Waals surface area contributed by atoms with Gasteiger partial charge in [0.25, 0.3) is 0 Å². The number of fused-ring (bicyclic) bond motifs is 2. The van der Waals surface area contributed by atoms with Crippen LogP contribution in [0.1, 0.15) is 44.2 Å². The molecule has 2 amide bonds. The fraction of sp³-hybridized carbons (Fsp3) is 0.441. The van der Waals surface area contributed by atoms with E-state index in [-0.39, 0.29) is 25.7 Å². The van der Waals surface area contributed by atoms with Crippen molar-refractivity contribution in [2.75, 3.05) is 19.8 Å². The molecule has 3 aliphatic heterocycles. The molecule has 1 spiro atoms. The maximum Gasteiger partial charge on any atom is 0.312 e. The Bertz CT molecular complexity index is 1610. The van der Waals surface area contributed by atoms with Crippen LogP contribution in [0, 0.1) is 11.8 Å². The molecule has 0 saturated carbocycles. The van der Waals surface area contributed by atoms with Crippen LogP contribution in [-0.2, 0) is 30.5 Å². The van der Waals surface area contributed by atoms with Gasteiger partial charge in [-0.3, -0.25) is 14.4 Å². The van der Waals surface area contributed by atoms with E-state index in [4.69, 9.17) is 9.47 Å². The third-order valence-corrected chi connectivity index (χ3v) is 9.75. The lowest BCUT2D eigenvalue weighted by Crippen LogP contribution is -2.57. The first-order valence-electron chi connectivity index (χ1n) is 15.5.